The molecule has 1 saturated heterocycles. The quantitative estimate of drug-likeness (QED) is 0.345. The van der Waals surface area contributed by atoms with Crippen LogP contribution in [0, 0.1) is 0 Å². The van der Waals surface area contributed by atoms with Crippen LogP contribution < -0.4 is 5.73 Å². The van der Waals surface area contributed by atoms with Crippen molar-refractivity contribution >= 4 is 36.2 Å². The lowest BCUT2D eigenvalue weighted by atomic mass is 10.2. The molecule has 0 aliphatic carbocycles. The number of carbonyl (C=O) groups is 1. The lowest BCUT2D eigenvalue weighted by Crippen LogP contribution is -2.42. The zero-order valence-electron chi connectivity index (χ0n) is 19.8. The van der Waals surface area contributed by atoms with Crippen molar-refractivity contribution in [1.82, 2.24) is 24.2 Å². The Kier molecular flexibility index (Phi) is 8.58. The molecule has 14 heteroatoms. The van der Waals surface area contributed by atoms with E-state index in [1.165, 1.54) is 17.9 Å². The molecule has 1 fully saturated rings. The highest BCUT2D eigenvalue weighted by molar-refractivity contribution is 7.56. The number of hydrogen-bond donors (Lipinski definition) is 2. The summed E-state index contributed by atoms with van der Waals surface area (Å²) in [5, 5.41) is 13.7. The maximum Gasteiger partial charge on any atom is 0.367 e. The van der Waals surface area contributed by atoms with Crippen LogP contribution in [0.25, 0.3) is 11.2 Å². The predicted molar refractivity (Wildman–Crippen MR) is 125 cm³/mol. The van der Waals surface area contributed by atoms with Crippen molar-refractivity contribution in [2.75, 3.05) is 25.3 Å². The highest BCUT2D eigenvalue weighted by Crippen LogP contribution is 2.54. The topological polar surface area (TPSA) is 167 Å². The van der Waals surface area contributed by atoms with Crippen molar-refractivity contribution in [2.45, 2.75) is 65.3 Å². The molecule has 3 unspecified atom stereocenters. The van der Waals surface area contributed by atoms with E-state index in [4.69, 9.17) is 19.8 Å². The van der Waals surface area contributed by atoms with Gasteiger partial charge in [0, 0.05) is 18.9 Å². The molecule has 3 heterocycles. The average molecular weight is 497 g/mol. The molecule has 34 heavy (non-hydrogen) atoms. The number of rotatable bonds is 11. The molecular formula is C20H32N7O6P. The van der Waals surface area contributed by atoms with Crippen molar-refractivity contribution in [3.63, 3.8) is 0 Å². The third-order valence-electron chi connectivity index (χ3n) is 5.41. The van der Waals surface area contributed by atoms with Crippen LogP contribution in [0.5, 0.6) is 0 Å². The first-order valence-corrected chi connectivity index (χ1v) is 12.8. The fraction of sp³-hybridized carbons (Fsp3) is 0.650. The number of oxime groups is 1. The Morgan fingerprint density at radius 1 is 1.29 bits per heavy atom. The molecule has 0 spiro atoms. The molecular weight excluding hydrogens is 465 g/mol. The number of nitrogen functional groups attached to an aromatic ring is 1. The number of nitrogens with two attached hydrogens (primary N) is 1. The molecule has 3 N–H and O–H groups in total. The minimum absolute atomic E-state index is 0.276. The summed E-state index contributed by atoms with van der Waals surface area (Å²) in [7, 11) is -3.83. The minimum Gasteiger partial charge on any atom is -0.480 e. The zero-order valence-corrected chi connectivity index (χ0v) is 20.7. The molecule has 0 amide bonds. The van der Waals surface area contributed by atoms with Gasteiger partial charge in [0.2, 0.25) is 0 Å². The first-order valence-electron chi connectivity index (χ1n) is 11.1. The normalized spacial score (nSPS) is 18.1. The van der Waals surface area contributed by atoms with E-state index in [9.17, 15) is 14.5 Å². The number of imidazole rings is 1. The third-order valence-corrected chi connectivity index (χ3v) is 7.73. The van der Waals surface area contributed by atoms with Gasteiger partial charge in [0.25, 0.3) is 0 Å². The van der Waals surface area contributed by atoms with Crippen LogP contribution in [-0.2, 0) is 30.0 Å². The molecule has 0 saturated carbocycles. The second-order valence-corrected chi connectivity index (χ2v) is 10.6. The second kappa shape index (κ2) is 11.2. The lowest BCUT2D eigenvalue weighted by molar-refractivity contribution is -0.141. The molecule has 188 valence electrons. The minimum atomic E-state index is -3.83. The van der Waals surface area contributed by atoms with Crippen LogP contribution in [0.15, 0.2) is 17.8 Å². The van der Waals surface area contributed by atoms with Gasteiger partial charge in [-0.25, -0.2) is 19.6 Å². The molecule has 2 aromatic rings. The number of aromatic nitrogens is 4. The Morgan fingerprint density at radius 3 is 2.65 bits per heavy atom. The van der Waals surface area contributed by atoms with Crippen LogP contribution in [0.1, 0.15) is 40.5 Å². The maximum atomic E-state index is 14.0. The van der Waals surface area contributed by atoms with Crippen LogP contribution in [0.3, 0.4) is 0 Å². The Labute approximate surface area is 197 Å². The summed E-state index contributed by atoms with van der Waals surface area (Å²) >= 11 is 0. The van der Waals surface area contributed by atoms with Crippen LogP contribution in [0.4, 0.5) is 5.82 Å². The van der Waals surface area contributed by atoms with Gasteiger partial charge in [-0.05, 0) is 27.7 Å². The Bertz CT molecular complexity index is 1070. The highest BCUT2D eigenvalue weighted by Gasteiger charge is 2.42. The largest absolute Gasteiger partial charge is 0.480 e. The third kappa shape index (κ3) is 6.09. The Balaban J connectivity index is 1.78. The molecule has 0 aromatic carbocycles. The average Bonchev–Trinajstić information content (AvgIpc) is 3.21. The molecule has 0 bridgehead atoms. The molecule has 0 radical (unpaired) electrons. The SMILES string of the molecule is CC(Cn1cnc2c(N)ncnc21)OCP(=O)(ON=C1CCOCC1)N(C(C)C)C(C)C(=O)O. The smallest absolute Gasteiger partial charge is 0.367 e. The van der Waals surface area contributed by atoms with E-state index in [0.29, 0.717) is 49.5 Å². The van der Waals surface area contributed by atoms with Crippen molar-refractivity contribution in [3.05, 3.63) is 12.7 Å². The van der Waals surface area contributed by atoms with Crippen LogP contribution >= 0.6 is 7.52 Å². The van der Waals surface area contributed by atoms with E-state index in [1.807, 2.05) is 0 Å². The Morgan fingerprint density at radius 2 is 2.00 bits per heavy atom. The Hall–Kier alpha value is -2.60. The molecule has 2 aromatic heterocycles. The van der Waals surface area contributed by atoms with E-state index in [2.05, 4.69) is 20.1 Å². The van der Waals surface area contributed by atoms with Gasteiger partial charge in [-0.1, -0.05) is 5.16 Å². The summed E-state index contributed by atoms with van der Waals surface area (Å²) in [5.74, 6) is -0.843. The number of hydrogen-bond acceptors (Lipinski definition) is 10. The van der Waals surface area contributed by atoms with Gasteiger partial charge in [0.15, 0.2) is 11.5 Å². The number of anilines is 1. The lowest BCUT2D eigenvalue weighted by Gasteiger charge is -2.35. The maximum absolute atomic E-state index is 14.0. The molecule has 3 rings (SSSR count). The number of fused-ring (bicyclic) bond motifs is 1. The van der Waals surface area contributed by atoms with E-state index in [0.717, 1.165) is 0 Å². The monoisotopic (exact) mass is 497 g/mol. The highest BCUT2D eigenvalue weighted by atomic mass is 31.2. The fourth-order valence-corrected chi connectivity index (χ4v) is 5.99. The van der Waals surface area contributed by atoms with Gasteiger partial charge in [-0.15, -0.1) is 0 Å². The van der Waals surface area contributed by atoms with E-state index in [-0.39, 0.29) is 12.2 Å². The molecule has 3 atom stereocenters. The molecule has 1 aliphatic heterocycles. The number of aliphatic carboxylic acids is 1. The second-order valence-electron chi connectivity index (χ2n) is 8.41. The number of carboxylic acids is 1. The van der Waals surface area contributed by atoms with Gasteiger partial charge in [0.1, 0.15) is 24.2 Å². The summed E-state index contributed by atoms with van der Waals surface area (Å²) in [4.78, 5) is 24.1. The van der Waals surface area contributed by atoms with E-state index < -0.39 is 31.7 Å². The van der Waals surface area contributed by atoms with Gasteiger partial charge >= 0.3 is 13.5 Å². The fourth-order valence-electron chi connectivity index (χ4n) is 3.71. The summed E-state index contributed by atoms with van der Waals surface area (Å²) < 4.78 is 33.9. The predicted octanol–water partition coefficient (Wildman–Crippen LogP) is 2.33. The number of ether oxygens (including phenoxy) is 2. The van der Waals surface area contributed by atoms with Crippen molar-refractivity contribution in [3.8, 4) is 0 Å². The summed E-state index contributed by atoms with van der Waals surface area (Å²) in [6.45, 7) is 8.12. The summed E-state index contributed by atoms with van der Waals surface area (Å²) in [5.41, 5.74) is 7.59. The van der Waals surface area contributed by atoms with Crippen LogP contribution in [0.2, 0.25) is 0 Å². The first-order chi connectivity index (χ1) is 16.1. The van der Waals surface area contributed by atoms with Crippen molar-refractivity contribution in [2.24, 2.45) is 5.16 Å². The number of nitrogens with zero attached hydrogens (tertiary/aromatic N) is 6. The standard InChI is InChI=1S/C20H32N7O6P/c1-13(2)27(15(4)20(28)29)34(30,33-25-16-5-7-31-8-6-16)12-32-14(3)9-26-11-24-17-18(21)22-10-23-19(17)26/h10-11,13-15H,5-9,12H2,1-4H3,(H,28,29)(H2,21,22,23). The first kappa shape index (κ1) is 26.0. The summed E-state index contributed by atoms with van der Waals surface area (Å²) in [6.07, 6.45) is 3.28. The molecule has 13 nitrogen and oxygen atoms in total. The van der Waals surface area contributed by atoms with Crippen LogP contribution in [-0.4, -0.2) is 78.7 Å². The van der Waals surface area contributed by atoms with Gasteiger partial charge < -0.3 is 29.5 Å². The van der Waals surface area contributed by atoms with Gasteiger partial charge in [-0.3, -0.25) is 9.36 Å². The van der Waals surface area contributed by atoms with E-state index >= 15 is 0 Å². The van der Waals surface area contributed by atoms with Crippen molar-refractivity contribution < 1.29 is 28.6 Å². The molecule has 1 aliphatic rings. The van der Waals surface area contributed by atoms with E-state index in [1.54, 1.807) is 31.7 Å². The zero-order chi connectivity index (χ0) is 24.9. The number of carboxylic acid groups (broad SMARTS) is 1. The van der Waals surface area contributed by atoms with Crippen molar-refractivity contribution in [1.29, 1.82) is 0 Å². The van der Waals surface area contributed by atoms with Gasteiger partial charge in [0.05, 0.1) is 37.9 Å². The van der Waals surface area contributed by atoms with Gasteiger partial charge in [-0.2, -0.15) is 0 Å². The summed E-state index contributed by atoms with van der Waals surface area (Å²) in [6, 6.07) is -1.47.